The lowest BCUT2D eigenvalue weighted by Crippen LogP contribution is -2.47. The van der Waals surface area contributed by atoms with Gasteiger partial charge in [-0.1, -0.05) is 0 Å². The molecule has 2 rings (SSSR count). The van der Waals surface area contributed by atoms with Crippen LogP contribution >= 0.6 is 0 Å². The third-order valence-electron chi connectivity index (χ3n) is 2.66. The number of aromatic carboxylic acids is 1. The number of carbonyl (C=O) groups is 1. The molecule has 20 heavy (non-hydrogen) atoms. The molecule has 0 aromatic carbocycles. The molecule has 0 radical (unpaired) electrons. The average Bonchev–Trinajstić information content (AvgIpc) is 2.32. The average molecular weight is 293 g/mol. The lowest BCUT2D eigenvalue weighted by atomic mass is 9.92. The Kier molecular flexibility index (Phi) is 3.57. The Labute approximate surface area is 110 Å². The molecule has 6 nitrogen and oxygen atoms in total. The molecule has 0 saturated carbocycles. The minimum atomic E-state index is -4.58. The maximum atomic E-state index is 12.2. The largest absolute Gasteiger partial charge is 0.484 e. The van der Waals surface area contributed by atoms with Gasteiger partial charge in [-0.2, -0.15) is 13.2 Å². The van der Waals surface area contributed by atoms with E-state index in [9.17, 15) is 23.1 Å². The van der Waals surface area contributed by atoms with E-state index in [-0.39, 0.29) is 24.5 Å². The van der Waals surface area contributed by atoms with Gasteiger partial charge in [0.1, 0.15) is 11.4 Å². The summed E-state index contributed by atoms with van der Waals surface area (Å²) in [4.78, 5) is 14.3. The maximum absolute atomic E-state index is 12.2. The van der Waals surface area contributed by atoms with E-state index >= 15 is 0 Å². The summed E-state index contributed by atoms with van der Waals surface area (Å²) in [5.74, 6) is -1.79. The number of ether oxygens (including phenoxy) is 2. The van der Waals surface area contributed by atoms with Crippen LogP contribution in [0.25, 0.3) is 0 Å². The number of hydrogen-bond donors (Lipinski definition) is 2. The fourth-order valence-corrected chi connectivity index (χ4v) is 1.63. The number of aliphatic hydroxyl groups is 1. The minimum Gasteiger partial charge on any atom is -0.484 e. The predicted molar refractivity (Wildman–Crippen MR) is 57.5 cm³/mol. The zero-order valence-corrected chi connectivity index (χ0v) is 9.98. The molecule has 0 unspecified atom stereocenters. The van der Waals surface area contributed by atoms with E-state index in [1.54, 1.807) is 0 Å². The Hall–Kier alpha value is -1.87. The molecule has 1 aliphatic heterocycles. The van der Waals surface area contributed by atoms with Crippen LogP contribution < -0.4 is 4.74 Å². The van der Waals surface area contributed by atoms with Crippen LogP contribution in [0.3, 0.4) is 0 Å². The van der Waals surface area contributed by atoms with E-state index < -0.39 is 30.0 Å². The summed E-state index contributed by atoms with van der Waals surface area (Å²) in [6, 6.07) is 0.847. The van der Waals surface area contributed by atoms with Crippen molar-refractivity contribution < 1.29 is 37.7 Å². The standard InChI is InChI=1S/C11H10F3NO5/c12-11(13,14)5-20-8-1-7(9(16)17)15-2-6(8)10(18)3-19-4-10/h1-2,18H,3-5H2,(H,16,17). The van der Waals surface area contributed by atoms with Crippen molar-refractivity contribution in [2.45, 2.75) is 11.8 Å². The Morgan fingerprint density at radius 3 is 2.60 bits per heavy atom. The van der Waals surface area contributed by atoms with Gasteiger partial charge in [0.25, 0.3) is 0 Å². The number of rotatable bonds is 4. The number of halogens is 3. The first kappa shape index (κ1) is 14.5. The molecule has 110 valence electrons. The van der Waals surface area contributed by atoms with Gasteiger partial charge < -0.3 is 19.7 Å². The first-order valence-corrected chi connectivity index (χ1v) is 5.45. The molecule has 2 heterocycles. The molecule has 0 amide bonds. The smallest absolute Gasteiger partial charge is 0.422 e. The fourth-order valence-electron chi connectivity index (χ4n) is 1.63. The second-order valence-electron chi connectivity index (χ2n) is 4.30. The van der Waals surface area contributed by atoms with E-state index in [1.165, 1.54) is 0 Å². The molecule has 1 aromatic rings. The molecule has 1 aromatic heterocycles. The lowest BCUT2D eigenvalue weighted by molar-refractivity contribution is -0.187. The van der Waals surface area contributed by atoms with Gasteiger partial charge in [0.05, 0.1) is 13.2 Å². The first-order chi connectivity index (χ1) is 9.21. The summed E-state index contributed by atoms with van der Waals surface area (Å²) in [5.41, 5.74) is -2.02. The highest BCUT2D eigenvalue weighted by atomic mass is 19.4. The maximum Gasteiger partial charge on any atom is 0.422 e. The van der Waals surface area contributed by atoms with Crippen LogP contribution in [-0.4, -0.2) is 47.2 Å². The van der Waals surface area contributed by atoms with E-state index in [0.29, 0.717) is 0 Å². The highest BCUT2D eigenvalue weighted by Gasteiger charge is 2.41. The highest BCUT2D eigenvalue weighted by Crippen LogP contribution is 2.36. The second-order valence-corrected chi connectivity index (χ2v) is 4.30. The summed E-state index contributed by atoms with van der Waals surface area (Å²) in [6.45, 7) is -1.84. The third-order valence-corrected chi connectivity index (χ3v) is 2.66. The molecule has 9 heteroatoms. The van der Waals surface area contributed by atoms with Gasteiger partial charge in [-0.15, -0.1) is 0 Å². The fraction of sp³-hybridized carbons (Fsp3) is 0.455. The molecule has 0 bridgehead atoms. The molecule has 0 spiro atoms. The Balaban J connectivity index is 2.33. The van der Waals surface area contributed by atoms with Crippen molar-refractivity contribution in [3.05, 3.63) is 23.5 Å². The molecule has 1 saturated heterocycles. The van der Waals surface area contributed by atoms with Crippen LogP contribution in [0.1, 0.15) is 16.1 Å². The number of hydrogen-bond acceptors (Lipinski definition) is 5. The van der Waals surface area contributed by atoms with Gasteiger partial charge in [0, 0.05) is 17.8 Å². The van der Waals surface area contributed by atoms with Crippen LogP contribution in [0, 0.1) is 0 Å². The van der Waals surface area contributed by atoms with Crippen LogP contribution in [0.2, 0.25) is 0 Å². The molecule has 1 aliphatic rings. The van der Waals surface area contributed by atoms with E-state index in [4.69, 9.17) is 9.84 Å². The predicted octanol–water partition coefficient (Wildman–Crippen LogP) is 0.939. The van der Waals surface area contributed by atoms with Crippen LogP contribution in [0.15, 0.2) is 12.3 Å². The number of nitrogens with zero attached hydrogens (tertiary/aromatic N) is 1. The van der Waals surface area contributed by atoms with E-state index in [0.717, 1.165) is 12.3 Å². The number of carboxylic acid groups (broad SMARTS) is 1. The Morgan fingerprint density at radius 1 is 1.50 bits per heavy atom. The SMILES string of the molecule is O=C(O)c1cc(OCC(F)(F)F)c(C2(O)COC2)cn1. The van der Waals surface area contributed by atoms with Crippen LogP contribution in [-0.2, 0) is 10.3 Å². The molecular weight excluding hydrogens is 283 g/mol. The van der Waals surface area contributed by atoms with Crippen molar-refractivity contribution in [1.29, 1.82) is 0 Å². The van der Waals surface area contributed by atoms with Gasteiger partial charge in [-0.25, -0.2) is 9.78 Å². The zero-order valence-electron chi connectivity index (χ0n) is 9.98. The van der Waals surface area contributed by atoms with Crippen molar-refractivity contribution in [2.75, 3.05) is 19.8 Å². The molecule has 1 fully saturated rings. The number of alkyl halides is 3. The molecule has 2 N–H and O–H groups in total. The normalized spacial score (nSPS) is 17.4. The van der Waals surface area contributed by atoms with E-state index in [2.05, 4.69) is 9.72 Å². The molecule has 0 aliphatic carbocycles. The van der Waals surface area contributed by atoms with Crippen LogP contribution in [0.5, 0.6) is 5.75 Å². The Morgan fingerprint density at radius 2 is 2.15 bits per heavy atom. The van der Waals surface area contributed by atoms with Gasteiger partial charge in [0.2, 0.25) is 0 Å². The zero-order chi connectivity index (χ0) is 15.0. The van der Waals surface area contributed by atoms with Crippen molar-refractivity contribution in [1.82, 2.24) is 4.98 Å². The monoisotopic (exact) mass is 293 g/mol. The first-order valence-electron chi connectivity index (χ1n) is 5.45. The summed E-state index contributed by atoms with van der Waals surface area (Å²) in [5, 5.41) is 18.8. The Bertz CT molecular complexity index is 527. The van der Waals surface area contributed by atoms with Crippen molar-refractivity contribution in [3.8, 4) is 5.75 Å². The summed E-state index contributed by atoms with van der Waals surface area (Å²) in [6.07, 6.45) is -3.60. The minimum absolute atomic E-state index is 0.0296. The van der Waals surface area contributed by atoms with Gasteiger partial charge in [-0.3, -0.25) is 0 Å². The summed E-state index contributed by atoms with van der Waals surface area (Å²) >= 11 is 0. The molecular formula is C11H10F3NO5. The number of carboxylic acids is 1. The quantitative estimate of drug-likeness (QED) is 0.859. The highest BCUT2D eigenvalue weighted by molar-refractivity contribution is 5.85. The lowest BCUT2D eigenvalue weighted by Gasteiger charge is -2.37. The second kappa shape index (κ2) is 4.91. The van der Waals surface area contributed by atoms with Crippen molar-refractivity contribution in [3.63, 3.8) is 0 Å². The topological polar surface area (TPSA) is 88.9 Å². The van der Waals surface area contributed by atoms with Gasteiger partial charge in [-0.05, 0) is 0 Å². The number of aromatic nitrogens is 1. The van der Waals surface area contributed by atoms with Gasteiger partial charge >= 0.3 is 12.1 Å². The summed E-state index contributed by atoms with van der Waals surface area (Å²) < 4.78 is 45.9. The van der Waals surface area contributed by atoms with E-state index in [1.807, 2.05) is 0 Å². The third kappa shape index (κ3) is 2.99. The van der Waals surface area contributed by atoms with Crippen molar-refractivity contribution >= 4 is 5.97 Å². The molecule has 0 atom stereocenters. The van der Waals surface area contributed by atoms with Crippen molar-refractivity contribution in [2.24, 2.45) is 0 Å². The number of pyridine rings is 1. The van der Waals surface area contributed by atoms with Crippen LogP contribution in [0.4, 0.5) is 13.2 Å². The van der Waals surface area contributed by atoms with Gasteiger partial charge in [0.15, 0.2) is 12.3 Å². The summed E-state index contributed by atoms with van der Waals surface area (Å²) in [7, 11) is 0.